The van der Waals surface area contributed by atoms with Gasteiger partial charge in [0.15, 0.2) is 9.84 Å². The zero-order chi connectivity index (χ0) is 12.2. The average Bonchev–Trinajstić information content (AvgIpc) is 2.24. The van der Waals surface area contributed by atoms with Gasteiger partial charge in [0.25, 0.3) is 0 Å². The number of nitrogens with two attached hydrogens (primary N) is 1. The van der Waals surface area contributed by atoms with Crippen molar-refractivity contribution in [2.24, 2.45) is 5.90 Å². The fourth-order valence-electron chi connectivity index (χ4n) is 1.35. The van der Waals surface area contributed by atoms with Crippen LogP contribution in [0.4, 0.5) is 0 Å². The molecule has 0 unspecified atom stereocenters. The zero-order valence-electron chi connectivity index (χ0n) is 9.26. The molecule has 0 heterocycles. The lowest BCUT2D eigenvalue weighted by atomic mass is 10.2. The first-order valence-electron chi connectivity index (χ1n) is 4.67. The summed E-state index contributed by atoms with van der Waals surface area (Å²) < 4.78 is 23.0. The van der Waals surface area contributed by atoms with Crippen LogP contribution in [-0.4, -0.2) is 27.5 Å². The van der Waals surface area contributed by atoms with Crippen molar-refractivity contribution in [2.75, 3.05) is 19.1 Å². The van der Waals surface area contributed by atoms with Crippen molar-refractivity contribution in [3.05, 3.63) is 23.8 Å². The van der Waals surface area contributed by atoms with Crippen LogP contribution >= 0.6 is 11.8 Å². The van der Waals surface area contributed by atoms with Gasteiger partial charge in [-0.2, -0.15) is 0 Å². The molecule has 0 bridgehead atoms. The maximum absolute atomic E-state index is 11.5. The van der Waals surface area contributed by atoms with Crippen LogP contribution in [0.3, 0.4) is 0 Å². The van der Waals surface area contributed by atoms with Crippen LogP contribution in [0.25, 0.3) is 0 Å². The molecule has 0 saturated heterocycles. The van der Waals surface area contributed by atoms with E-state index in [4.69, 9.17) is 5.90 Å². The minimum atomic E-state index is -3.16. The third-order valence-corrected chi connectivity index (χ3v) is 4.20. The summed E-state index contributed by atoms with van der Waals surface area (Å²) in [4.78, 5) is 5.63. The Hall–Kier alpha value is -0.560. The van der Waals surface area contributed by atoms with Crippen molar-refractivity contribution in [1.82, 2.24) is 0 Å². The van der Waals surface area contributed by atoms with Crippen molar-refractivity contribution in [3.8, 4) is 0 Å². The highest BCUT2D eigenvalue weighted by Crippen LogP contribution is 2.26. The van der Waals surface area contributed by atoms with Gasteiger partial charge in [-0.15, -0.1) is 11.8 Å². The van der Waals surface area contributed by atoms with Gasteiger partial charge in [-0.3, -0.25) is 0 Å². The van der Waals surface area contributed by atoms with E-state index in [0.29, 0.717) is 17.9 Å². The average molecular weight is 261 g/mol. The molecule has 1 rings (SSSR count). The summed E-state index contributed by atoms with van der Waals surface area (Å²) in [5.74, 6) is 4.94. The van der Waals surface area contributed by atoms with Crippen LogP contribution in [-0.2, 0) is 21.1 Å². The van der Waals surface area contributed by atoms with Crippen molar-refractivity contribution in [2.45, 2.75) is 16.2 Å². The molecule has 0 radical (unpaired) electrons. The predicted molar refractivity (Wildman–Crippen MR) is 65.2 cm³/mol. The van der Waals surface area contributed by atoms with Gasteiger partial charge in [0, 0.05) is 11.2 Å². The van der Waals surface area contributed by atoms with E-state index < -0.39 is 9.84 Å². The molecule has 0 aromatic heterocycles. The zero-order valence-corrected chi connectivity index (χ0v) is 10.9. The van der Waals surface area contributed by atoms with E-state index >= 15 is 0 Å². The van der Waals surface area contributed by atoms with E-state index in [2.05, 4.69) is 4.84 Å². The molecule has 90 valence electrons. The van der Waals surface area contributed by atoms with Crippen LogP contribution in [0.5, 0.6) is 0 Å². The van der Waals surface area contributed by atoms with Crippen molar-refractivity contribution < 1.29 is 13.3 Å². The van der Waals surface area contributed by atoms with Gasteiger partial charge >= 0.3 is 0 Å². The van der Waals surface area contributed by atoms with Gasteiger partial charge in [-0.25, -0.2) is 14.3 Å². The predicted octanol–water partition coefficient (Wildman–Crippen LogP) is 1.24. The molecule has 4 nitrogen and oxygen atoms in total. The Morgan fingerprint density at radius 2 is 2.12 bits per heavy atom. The number of thioether (sulfide) groups is 1. The van der Waals surface area contributed by atoms with E-state index in [9.17, 15) is 8.42 Å². The first kappa shape index (κ1) is 13.5. The normalized spacial score (nSPS) is 11.7. The summed E-state index contributed by atoms with van der Waals surface area (Å²) in [6, 6.07) is 5.28. The fraction of sp³-hybridized carbons (Fsp3) is 0.400. The Bertz CT molecular complexity index is 457. The van der Waals surface area contributed by atoms with E-state index in [1.54, 1.807) is 12.1 Å². The topological polar surface area (TPSA) is 69.4 Å². The molecule has 6 heteroatoms. The molecule has 0 saturated carbocycles. The number of hydrogen-bond acceptors (Lipinski definition) is 5. The second-order valence-electron chi connectivity index (χ2n) is 3.38. The summed E-state index contributed by atoms with van der Waals surface area (Å²) in [5.41, 5.74) is 1.02. The molecule has 0 spiro atoms. The minimum Gasteiger partial charge on any atom is -0.304 e. The minimum absolute atomic E-state index is 0.373. The number of rotatable bonds is 5. The molecule has 0 atom stereocenters. The lowest BCUT2D eigenvalue weighted by Gasteiger charge is -2.08. The largest absolute Gasteiger partial charge is 0.304 e. The monoisotopic (exact) mass is 261 g/mol. The molecule has 1 aromatic carbocycles. The Labute approximate surface area is 100 Å². The Morgan fingerprint density at radius 3 is 2.62 bits per heavy atom. The highest BCUT2D eigenvalue weighted by molar-refractivity contribution is 7.99. The van der Waals surface area contributed by atoms with Gasteiger partial charge in [0.1, 0.15) is 0 Å². The molecule has 16 heavy (non-hydrogen) atoms. The van der Waals surface area contributed by atoms with Crippen LogP contribution in [0.2, 0.25) is 0 Å². The quantitative estimate of drug-likeness (QED) is 0.638. The molecule has 0 aliphatic carbocycles. The van der Waals surface area contributed by atoms with Gasteiger partial charge in [-0.05, 0) is 30.4 Å². The van der Waals surface area contributed by atoms with Crippen LogP contribution in [0.15, 0.2) is 28.0 Å². The van der Waals surface area contributed by atoms with Gasteiger partial charge in [0.05, 0.1) is 11.5 Å². The molecule has 1 aromatic rings. The van der Waals surface area contributed by atoms with Crippen molar-refractivity contribution >= 4 is 21.6 Å². The fourth-order valence-corrected chi connectivity index (χ4v) is 3.33. The third kappa shape index (κ3) is 3.48. The van der Waals surface area contributed by atoms with Crippen LogP contribution in [0.1, 0.15) is 5.56 Å². The standard InChI is InChI=1S/C10H15NO3S2/c1-15-9-7-8(5-6-14-11)3-4-10(9)16(2,12)13/h3-4,7H,5-6,11H2,1-2H3. The summed E-state index contributed by atoms with van der Waals surface area (Å²) >= 11 is 1.42. The summed E-state index contributed by atoms with van der Waals surface area (Å²) in [6.07, 6.45) is 3.74. The molecule has 2 N–H and O–H groups in total. The Balaban J connectivity index is 3.07. The van der Waals surface area contributed by atoms with Gasteiger partial charge in [-0.1, -0.05) is 6.07 Å². The van der Waals surface area contributed by atoms with E-state index in [1.807, 2.05) is 12.3 Å². The first-order valence-corrected chi connectivity index (χ1v) is 7.79. The van der Waals surface area contributed by atoms with E-state index in [0.717, 1.165) is 10.5 Å². The molecular weight excluding hydrogens is 246 g/mol. The lowest BCUT2D eigenvalue weighted by Crippen LogP contribution is -2.05. The van der Waals surface area contributed by atoms with Gasteiger partial charge < -0.3 is 4.84 Å². The third-order valence-electron chi connectivity index (χ3n) is 2.14. The molecule has 0 aliphatic heterocycles. The summed E-state index contributed by atoms with van der Waals surface area (Å²) in [5, 5.41) is 0. The SMILES string of the molecule is CSc1cc(CCON)ccc1S(C)(=O)=O. The Kier molecular flexibility index (Phi) is 4.79. The molecule has 0 fully saturated rings. The summed E-state index contributed by atoms with van der Waals surface area (Å²) in [6.45, 7) is 0.423. The van der Waals surface area contributed by atoms with Gasteiger partial charge in [0.2, 0.25) is 0 Å². The molecular formula is C10H15NO3S2. The van der Waals surface area contributed by atoms with Crippen LogP contribution < -0.4 is 5.90 Å². The second-order valence-corrected chi connectivity index (χ2v) is 6.21. The van der Waals surface area contributed by atoms with Crippen LogP contribution in [0, 0.1) is 0 Å². The van der Waals surface area contributed by atoms with Crippen molar-refractivity contribution in [1.29, 1.82) is 0 Å². The highest BCUT2D eigenvalue weighted by atomic mass is 32.2. The summed E-state index contributed by atoms with van der Waals surface area (Å²) in [7, 11) is -3.16. The van der Waals surface area contributed by atoms with E-state index in [-0.39, 0.29) is 0 Å². The second kappa shape index (κ2) is 5.67. The molecule has 0 amide bonds. The maximum atomic E-state index is 11.5. The molecule has 0 aliphatic rings. The maximum Gasteiger partial charge on any atom is 0.176 e. The van der Waals surface area contributed by atoms with E-state index in [1.165, 1.54) is 18.0 Å². The smallest absolute Gasteiger partial charge is 0.176 e. The highest BCUT2D eigenvalue weighted by Gasteiger charge is 2.12. The number of benzene rings is 1. The first-order chi connectivity index (χ1) is 7.49. The van der Waals surface area contributed by atoms with Crippen molar-refractivity contribution in [3.63, 3.8) is 0 Å². The number of sulfone groups is 1. The lowest BCUT2D eigenvalue weighted by molar-refractivity contribution is 0.141. The Morgan fingerprint density at radius 1 is 1.44 bits per heavy atom. The number of hydrogen-bond donors (Lipinski definition) is 1.